The molecule has 1 saturated heterocycles. The van der Waals surface area contributed by atoms with Crippen LogP contribution in [0, 0.1) is 5.41 Å². The van der Waals surface area contributed by atoms with Crippen molar-refractivity contribution >= 4 is 26.2 Å². The Morgan fingerprint density at radius 1 is 0.853 bits per heavy atom. The van der Waals surface area contributed by atoms with Crippen molar-refractivity contribution in [3.8, 4) is 0 Å². The molecule has 34 heavy (non-hydrogen) atoms. The van der Waals surface area contributed by atoms with E-state index in [0.29, 0.717) is 39.0 Å². The highest BCUT2D eigenvalue weighted by molar-refractivity contribution is 6.74. The Morgan fingerprint density at radius 3 is 1.79 bits per heavy atom. The Labute approximate surface area is 208 Å². The van der Waals surface area contributed by atoms with E-state index in [1.54, 1.807) is 25.7 Å². The number of hydrogen-bond donors (Lipinski definition) is 0. The second kappa shape index (κ2) is 11.1. The number of ether oxygens (including phenoxy) is 2. The Balaban J connectivity index is 2.89. The van der Waals surface area contributed by atoms with Gasteiger partial charge in [-0.1, -0.05) is 20.8 Å². The SMILES string of the molecule is CC(C)(C)OC(=O)CC(=O)C1(CCCO[Si](C)(C)C(C)(C)C)CCN(C(=O)OC(C)(C)C)CC1. The summed E-state index contributed by atoms with van der Waals surface area (Å²) in [6.07, 6.45) is 1.78. The van der Waals surface area contributed by atoms with Crippen molar-refractivity contribution in [2.24, 2.45) is 5.41 Å². The van der Waals surface area contributed by atoms with Crippen molar-refractivity contribution in [3.63, 3.8) is 0 Å². The van der Waals surface area contributed by atoms with Crippen LogP contribution in [0.4, 0.5) is 4.79 Å². The first-order chi connectivity index (χ1) is 15.2. The number of likely N-dealkylation sites (tertiary alicyclic amines) is 1. The molecule has 0 radical (unpaired) electrons. The Morgan fingerprint density at radius 2 is 1.35 bits per heavy atom. The molecule has 0 aromatic rings. The summed E-state index contributed by atoms with van der Waals surface area (Å²) in [4.78, 5) is 40.0. The molecule has 1 heterocycles. The second-order valence-electron chi connectivity index (χ2n) is 13.1. The van der Waals surface area contributed by atoms with Gasteiger partial charge in [0.15, 0.2) is 8.32 Å². The van der Waals surface area contributed by atoms with Gasteiger partial charge in [0.2, 0.25) is 0 Å². The lowest BCUT2D eigenvalue weighted by molar-refractivity contribution is -0.158. The van der Waals surface area contributed by atoms with Crippen LogP contribution in [0.2, 0.25) is 18.1 Å². The van der Waals surface area contributed by atoms with Gasteiger partial charge in [-0.3, -0.25) is 9.59 Å². The summed E-state index contributed by atoms with van der Waals surface area (Å²) in [7, 11) is -1.87. The third kappa shape index (κ3) is 9.68. The monoisotopic (exact) mass is 499 g/mol. The lowest BCUT2D eigenvalue weighted by atomic mass is 9.70. The topological polar surface area (TPSA) is 82.1 Å². The van der Waals surface area contributed by atoms with Crippen molar-refractivity contribution in [3.05, 3.63) is 0 Å². The average Bonchev–Trinajstić information content (AvgIpc) is 2.61. The maximum atomic E-state index is 13.4. The van der Waals surface area contributed by atoms with E-state index in [9.17, 15) is 14.4 Å². The van der Waals surface area contributed by atoms with Gasteiger partial charge in [0.05, 0.1) is 0 Å². The second-order valence-corrected chi connectivity index (χ2v) is 18.0. The van der Waals surface area contributed by atoms with Crippen LogP contribution >= 0.6 is 0 Å². The molecule has 7 nitrogen and oxygen atoms in total. The van der Waals surface area contributed by atoms with Crippen molar-refractivity contribution in [1.82, 2.24) is 4.90 Å². The number of amides is 1. The zero-order chi connectivity index (χ0) is 26.6. The van der Waals surface area contributed by atoms with Crippen LogP contribution in [-0.2, 0) is 23.5 Å². The third-order valence-electron chi connectivity index (χ3n) is 6.76. The van der Waals surface area contributed by atoms with E-state index in [-0.39, 0.29) is 23.3 Å². The van der Waals surface area contributed by atoms with Gasteiger partial charge < -0.3 is 18.8 Å². The Kier molecular flexibility index (Phi) is 10.00. The number of esters is 1. The molecule has 0 aliphatic carbocycles. The summed E-state index contributed by atoms with van der Waals surface area (Å²) in [6, 6.07) is 0. The summed E-state index contributed by atoms with van der Waals surface area (Å²) in [6.45, 7) is 23.4. The minimum atomic E-state index is -1.87. The predicted octanol–water partition coefficient (Wildman–Crippen LogP) is 6.11. The van der Waals surface area contributed by atoms with Crippen LogP contribution in [0.3, 0.4) is 0 Å². The summed E-state index contributed by atoms with van der Waals surface area (Å²) in [5, 5.41) is 0.121. The number of hydrogen-bond acceptors (Lipinski definition) is 6. The standard InChI is InChI=1S/C26H49NO6Si/c1-23(2,3)32-21(29)19-20(28)26(13-12-18-31-34(10,11)25(7,8)9)14-16-27(17-15-26)22(30)33-24(4,5)6/h12-19H2,1-11H3. The lowest BCUT2D eigenvalue weighted by Gasteiger charge is -2.41. The molecule has 0 N–H and O–H groups in total. The van der Waals surface area contributed by atoms with Gasteiger partial charge in [-0.05, 0) is 85.4 Å². The number of nitrogens with zero attached hydrogens (tertiary/aromatic N) is 1. The maximum Gasteiger partial charge on any atom is 0.410 e. The van der Waals surface area contributed by atoms with E-state index in [4.69, 9.17) is 13.9 Å². The molecule has 8 heteroatoms. The molecule has 1 aliphatic rings. The first-order valence-corrected chi connectivity index (χ1v) is 15.5. The molecule has 0 unspecified atom stereocenters. The van der Waals surface area contributed by atoms with Crippen LogP contribution in [0.25, 0.3) is 0 Å². The molecule has 0 aromatic heterocycles. The van der Waals surface area contributed by atoms with Crippen molar-refractivity contribution in [2.75, 3.05) is 19.7 Å². The van der Waals surface area contributed by atoms with E-state index in [1.807, 2.05) is 20.8 Å². The molecule has 1 rings (SSSR count). The molecule has 198 valence electrons. The minimum absolute atomic E-state index is 0.0992. The fourth-order valence-corrected chi connectivity index (χ4v) is 4.85. The molecule has 1 fully saturated rings. The predicted molar refractivity (Wildman–Crippen MR) is 137 cm³/mol. The van der Waals surface area contributed by atoms with Gasteiger partial charge >= 0.3 is 12.1 Å². The molecule has 0 atom stereocenters. The highest BCUT2D eigenvalue weighted by atomic mass is 28.4. The van der Waals surface area contributed by atoms with Gasteiger partial charge in [0.25, 0.3) is 0 Å². The Hall–Kier alpha value is -1.41. The highest BCUT2D eigenvalue weighted by Crippen LogP contribution is 2.40. The zero-order valence-electron chi connectivity index (χ0n) is 23.6. The fraction of sp³-hybridized carbons (Fsp3) is 0.885. The molecule has 0 spiro atoms. The van der Waals surface area contributed by atoms with Gasteiger partial charge in [-0.25, -0.2) is 4.79 Å². The number of rotatable bonds is 8. The zero-order valence-corrected chi connectivity index (χ0v) is 24.6. The highest BCUT2D eigenvalue weighted by Gasteiger charge is 2.43. The molecule has 0 bridgehead atoms. The van der Waals surface area contributed by atoms with E-state index >= 15 is 0 Å². The van der Waals surface area contributed by atoms with Crippen molar-refractivity contribution in [2.45, 2.75) is 124 Å². The molecule has 0 aromatic carbocycles. The van der Waals surface area contributed by atoms with Crippen molar-refractivity contribution < 1.29 is 28.3 Å². The van der Waals surface area contributed by atoms with Crippen molar-refractivity contribution in [1.29, 1.82) is 0 Å². The van der Waals surface area contributed by atoms with Crippen LogP contribution in [0.5, 0.6) is 0 Å². The summed E-state index contributed by atoms with van der Waals surface area (Å²) in [5.41, 5.74) is -1.87. The number of carbonyl (C=O) groups excluding carboxylic acids is 3. The molecular formula is C26H49NO6Si. The number of piperidine rings is 1. The molecule has 1 aliphatic heterocycles. The molecule has 1 amide bonds. The van der Waals surface area contributed by atoms with E-state index in [0.717, 1.165) is 6.42 Å². The number of carbonyl (C=O) groups is 3. The average molecular weight is 500 g/mol. The first-order valence-electron chi connectivity index (χ1n) is 12.5. The smallest absolute Gasteiger partial charge is 0.410 e. The number of ketones is 1. The van der Waals surface area contributed by atoms with Crippen LogP contribution < -0.4 is 0 Å². The Bertz CT molecular complexity index is 719. The van der Waals surface area contributed by atoms with Gasteiger partial charge in [-0.15, -0.1) is 0 Å². The summed E-state index contributed by atoms with van der Waals surface area (Å²) in [5.74, 6) is -0.595. The first kappa shape index (κ1) is 30.6. The van der Waals surface area contributed by atoms with E-state index < -0.39 is 30.9 Å². The molecular weight excluding hydrogens is 450 g/mol. The molecule has 0 saturated carbocycles. The maximum absolute atomic E-state index is 13.4. The van der Waals surface area contributed by atoms with E-state index in [1.165, 1.54) is 0 Å². The van der Waals surface area contributed by atoms with E-state index in [2.05, 4.69) is 33.9 Å². The largest absolute Gasteiger partial charge is 0.460 e. The van der Waals surface area contributed by atoms with Crippen LogP contribution in [0.1, 0.15) is 94.4 Å². The summed E-state index contributed by atoms with van der Waals surface area (Å²) >= 11 is 0. The number of Topliss-reactive ketones (excluding diaryl/α,β-unsaturated/α-hetero) is 1. The van der Waals surface area contributed by atoms with Crippen LogP contribution in [-0.4, -0.2) is 62.0 Å². The van der Waals surface area contributed by atoms with Gasteiger partial charge in [0, 0.05) is 25.1 Å². The van der Waals surface area contributed by atoms with Crippen LogP contribution in [0.15, 0.2) is 0 Å². The quantitative estimate of drug-likeness (QED) is 0.173. The fourth-order valence-electron chi connectivity index (χ4n) is 3.76. The summed E-state index contributed by atoms with van der Waals surface area (Å²) < 4.78 is 17.2. The third-order valence-corrected chi connectivity index (χ3v) is 11.3. The van der Waals surface area contributed by atoms with Gasteiger partial charge in [-0.2, -0.15) is 0 Å². The lowest BCUT2D eigenvalue weighted by Crippen LogP contribution is -2.48. The van der Waals surface area contributed by atoms with Gasteiger partial charge in [0.1, 0.15) is 23.4 Å². The minimum Gasteiger partial charge on any atom is -0.460 e. The normalized spacial score (nSPS) is 17.3.